The molecule has 3 aromatic rings. The molecule has 0 spiro atoms. The molecule has 1 heterocycles. The normalized spacial score (nSPS) is 10.3. The van der Waals surface area contributed by atoms with Gasteiger partial charge in [-0.3, -0.25) is 0 Å². The molecule has 0 aliphatic carbocycles. The van der Waals surface area contributed by atoms with Crippen molar-refractivity contribution in [2.75, 3.05) is 0 Å². The maximum Gasteiger partial charge on any atom is 0.258 e. The number of halogens is 2. The number of hydrogen-bond donors (Lipinski definition) is 0. The number of hydrogen-bond acceptors (Lipinski definition) is 3. The lowest BCUT2D eigenvalue weighted by Gasteiger charge is -1.97. The number of terminal acetylenes is 1. The molecule has 0 bridgehead atoms. The molecule has 1 aromatic heterocycles. The molecule has 3 rings (SSSR count). The van der Waals surface area contributed by atoms with Crippen LogP contribution >= 0.6 is 23.2 Å². The molecular weight excluding hydrogens is 307 g/mol. The Labute approximate surface area is 131 Å². The molecule has 0 atom stereocenters. The average Bonchev–Trinajstić information content (AvgIpc) is 2.96. The molecular formula is C16H8Cl2N2O. The average molecular weight is 315 g/mol. The highest BCUT2D eigenvalue weighted by molar-refractivity contribution is 6.35. The lowest BCUT2D eigenvalue weighted by molar-refractivity contribution is 0.432. The highest BCUT2D eigenvalue weighted by Gasteiger charge is 2.11. The summed E-state index contributed by atoms with van der Waals surface area (Å²) < 4.78 is 5.25. The third-order valence-corrected chi connectivity index (χ3v) is 3.28. The minimum atomic E-state index is 0.357. The first-order valence-electron chi connectivity index (χ1n) is 6.03. The predicted octanol–water partition coefficient (Wildman–Crippen LogP) is 4.69. The van der Waals surface area contributed by atoms with Crippen molar-refractivity contribution in [3.8, 4) is 35.2 Å². The molecule has 2 aromatic carbocycles. The van der Waals surface area contributed by atoms with Crippen LogP contribution in [0.1, 0.15) is 5.56 Å². The summed E-state index contributed by atoms with van der Waals surface area (Å²) in [4.78, 5) is 4.34. The van der Waals surface area contributed by atoms with Gasteiger partial charge in [0, 0.05) is 26.7 Å². The van der Waals surface area contributed by atoms with Crippen LogP contribution in [-0.4, -0.2) is 10.1 Å². The summed E-state index contributed by atoms with van der Waals surface area (Å²) in [6.45, 7) is 0. The summed E-state index contributed by atoms with van der Waals surface area (Å²) in [5.74, 6) is 3.39. The van der Waals surface area contributed by atoms with E-state index in [4.69, 9.17) is 34.1 Å². The first-order valence-corrected chi connectivity index (χ1v) is 6.78. The van der Waals surface area contributed by atoms with Gasteiger partial charge in [0.2, 0.25) is 5.82 Å². The van der Waals surface area contributed by atoms with Gasteiger partial charge in [0.1, 0.15) is 0 Å². The van der Waals surface area contributed by atoms with Gasteiger partial charge in [-0.25, -0.2) is 0 Å². The van der Waals surface area contributed by atoms with E-state index in [1.54, 1.807) is 18.2 Å². The Hall–Kier alpha value is -2.28. The predicted molar refractivity (Wildman–Crippen MR) is 83.1 cm³/mol. The molecule has 0 saturated carbocycles. The van der Waals surface area contributed by atoms with E-state index < -0.39 is 0 Å². The highest BCUT2D eigenvalue weighted by atomic mass is 35.5. The Morgan fingerprint density at radius 3 is 2.24 bits per heavy atom. The van der Waals surface area contributed by atoms with Crippen LogP contribution in [0.3, 0.4) is 0 Å². The van der Waals surface area contributed by atoms with Crippen molar-refractivity contribution in [3.05, 3.63) is 58.1 Å². The third kappa shape index (κ3) is 2.92. The summed E-state index contributed by atoms with van der Waals surface area (Å²) in [7, 11) is 0. The van der Waals surface area contributed by atoms with E-state index >= 15 is 0 Å². The molecule has 0 unspecified atom stereocenters. The van der Waals surface area contributed by atoms with Crippen molar-refractivity contribution in [2.24, 2.45) is 0 Å². The fourth-order valence-corrected chi connectivity index (χ4v) is 2.38. The second kappa shape index (κ2) is 5.61. The van der Waals surface area contributed by atoms with Crippen molar-refractivity contribution < 1.29 is 4.52 Å². The SMILES string of the molecule is C#Cc1ccc(-c2noc(-c3cc(Cl)cc(Cl)c3)n2)cc1. The third-order valence-electron chi connectivity index (χ3n) is 2.85. The van der Waals surface area contributed by atoms with E-state index in [9.17, 15) is 0 Å². The lowest BCUT2D eigenvalue weighted by Crippen LogP contribution is -1.82. The quantitative estimate of drug-likeness (QED) is 0.644. The van der Waals surface area contributed by atoms with E-state index in [1.807, 2.05) is 24.3 Å². The second-order valence-electron chi connectivity index (χ2n) is 4.30. The molecule has 0 amide bonds. The summed E-state index contributed by atoms with van der Waals surface area (Å²) in [5, 5.41) is 4.97. The Morgan fingerprint density at radius 1 is 0.952 bits per heavy atom. The molecule has 0 radical (unpaired) electrons. The van der Waals surface area contributed by atoms with Crippen molar-refractivity contribution in [2.45, 2.75) is 0 Å². The van der Waals surface area contributed by atoms with Gasteiger partial charge in [-0.05, 0) is 42.5 Å². The minimum absolute atomic E-state index is 0.357. The molecule has 0 saturated heterocycles. The zero-order chi connectivity index (χ0) is 14.8. The Kier molecular flexibility index (Phi) is 3.66. The zero-order valence-electron chi connectivity index (χ0n) is 10.7. The van der Waals surface area contributed by atoms with E-state index in [0.717, 1.165) is 11.1 Å². The second-order valence-corrected chi connectivity index (χ2v) is 5.18. The topological polar surface area (TPSA) is 38.9 Å². The van der Waals surface area contributed by atoms with E-state index in [-0.39, 0.29) is 0 Å². The monoisotopic (exact) mass is 314 g/mol. The van der Waals surface area contributed by atoms with Crippen LogP contribution in [-0.2, 0) is 0 Å². The standard InChI is InChI=1S/C16H8Cl2N2O/c1-2-10-3-5-11(6-4-10)15-19-16(21-20-15)12-7-13(17)9-14(18)8-12/h1,3-9H. The maximum absolute atomic E-state index is 5.96. The fraction of sp³-hybridized carbons (Fsp3) is 0. The Morgan fingerprint density at radius 2 is 1.62 bits per heavy atom. The summed E-state index contributed by atoms with van der Waals surface area (Å²) in [6, 6.07) is 12.4. The van der Waals surface area contributed by atoms with Gasteiger partial charge in [0.25, 0.3) is 5.89 Å². The lowest BCUT2D eigenvalue weighted by atomic mass is 10.1. The van der Waals surface area contributed by atoms with Gasteiger partial charge in [-0.2, -0.15) is 4.98 Å². The molecule has 5 heteroatoms. The summed E-state index contributed by atoms with van der Waals surface area (Å²) >= 11 is 11.9. The molecule has 21 heavy (non-hydrogen) atoms. The van der Waals surface area contributed by atoms with Gasteiger partial charge >= 0.3 is 0 Å². The van der Waals surface area contributed by atoms with Gasteiger partial charge in [-0.1, -0.05) is 34.3 Å². The van der Waals surface area contributed by atoms with E-state index in [0.29, 0.717) is 27.3 Å². The van der Waals surface area contributed by atoms with Gasteiger partial charge in [0.05, 0.1) is 0 Å². The number of benzene rings is 2. The highest BCUT2D eigenvalue weighted by Crippen LogP contribution is 2.27. The molecule has 0 N–H and O–H groups in total. The van der Waals surface area contributed by atoms with Crippen molar-refractivity contribution >= 4 is 23.2 Å². The van der Waals surface area contributed by atoms with E-state index in [1.165, 1.54) is 0 Å². The maximum atomic E-state index is 5.96. The zero-order valence-corrected chi connectivity index (χ0v) is 12.2. The van der Waals surface area contributed by atoms with Crippen LogP contribution in [0.5, 0.6) is 0 Å². The fourth-order valence-electron chi connectivity index (χ4n) is 1.85. The molecule has 0 fully saturated rings. The van der Waals surface area contributed by atoms with Crippen molar-refractivity contribution in [1.29, 1.82) is 0 Å². The Bertz CT molecular complexity index is 812. The van der Waals surface area contributed by atoms with Crippen LogP contribution in [0, 0.1) is 12.3 Å². The molecule has 3 nitrogen and oxygen atoms in total. The van der Waals surface area contributed by atoms with Crippen molar-refractivity contribution in [3.63, 3.8) is 0 Å². The summed E-state index contributed by atoms with van der Waals surface area (Å²) in [6.07, 6.45) is 5.32. The van der Waals surface area contributed by atoms with Crippen LogP contribution < -0.4 is 0 Å². The van der Waals surface area contributed by atoms with Crippen LogP contribution in [0.2, 0.25) is 10.0 Å². The minimum Gasteiger partial charge on any atom is -0.334 e. The number of aromatic nitrogens is 2. The van der Waals surface area contributed by atoms with Crippen LogP contribution in [0.15, 0.2) is 47.0 Å². The van der Waals surface area contributed by atoms with Gasteiger partial charge in [-0.15, -0.1) is 6.42 Å². The largest absolute Gasteiger partial charge is 0.334 e. The first kappa shape index (κ1) is 13.7. The van der Waals surface area contributed by atoms with Crippen molar-refractivity contribution in [1.82, 2.24) is 10.1 Å². The van der Waals surface area contributed by atoms with Crippen LogP contribution in [0.4, 0.5) is 0 Å². The number of nitrogens with zero attached hydrogens (tertiary/aromatic N) is 2. The van der Waals surface area contributed by atoms with Crippen LogP contribution in [0.25, 0.3) is 22.8 Å². The summed E-state index contributed by atoms with van der Waals surface area (Å²) in [5.41, 5.74) is 2.28. The molecule has 0 aliphatic heterocycles. The van der Waals surface area contributed by atoms with Gasteiger partial charge in [0.15, 0.2) is 0 Å². The molecule has 102 valence electrons. The Balaban J connectivity index is 1.97. The van der Waals surface area contributed by atoms with Gasteiger partial charge < -0.3 is 4.52 Å². The number of rotatable bonds is 2. The van der Waals surface area contributed by atoms with E-state index in [2.05, 4.69) is 16.1 Å². The first-order chi connectivity index (χ1) is 10.2. The smallest absolute Gasteiger partial charge is 0.258 e. The molecule has 0 aliphatic rings.